The fourth-order valence-electron chi connectivity index (χ4n) is 2.06. The Bertz CT molecular complexity index is 766. The predicted molar refractivity (Wildman–Crippen MR) is 76.2 cm³/mol. The number of anilines is 1. The molecule has 1 N–H and O–H groups in total. The quantitative estimate of drug-likeness (QED) is 0.577. The Hall–Kier alpha value is -2.54. The van der Waals surface area contributed by atoms with Gasteiger partial charge in [-0.25, -0.2) is 9.78 Å². The first kappa shape index (κ1) is 13.4. The van der Waals surface area contributed by atoms with Crippen molar-refractivity contribution >= 4 is 34.1 Å². The number of hydrogen-bond donors (Lipinski definition) is 1. The summed E-state index contributed by atoms with van der Waals surface area (Å²) in [7, 11) is 0. The van der Waals surface area contributed by atoms with E-state index in [1.165, 1.54) is 0 Å². The summed E-state index contributed by atoms with van der Waals surface area (Å²) < 4.78 is 4.59. The van der Waals surface area contributed by atoms with E-state index in [0.717, 1.165) is 16.9 Å². The zero-order valence-corrected chi connectivity index (χ0v) is 11.8. The molecule has 7 heteroatoms. The van der Waals surface area contributed by atoms with Gasteiger partial charge in [-0.05, 0) is 6.92 Å². The van der Waals surface area contributed by atoms with Crippen LogP contribution in [0.3, 0.4) is 0 Å². The second kappa shape index (κ2) is 5.10. The molecule has 1 aromatic heterocycles. The van der Waals surface area contributed by atoms with Crippen LogP contribution < -0.4 is 5.32 Å². The van der Waals surface area contributed by atoms with E-state index in [9.17, 15) is 14.4 Å². The smallest absolute Gasteiger partial charge is 0.397 e. The first-order valence-corrected chi connectivity index (χ1v) is 7.06. The monoisotopic (exact) mass is 302 g/mol. The van der Waals surface area contributed by atoms with Gasteiger partial charge in [0.15, 0.2) is 5.13 Å². The van der Waals surface area contributed by atoms with Crippen molar-refractivity contribution in [2.45, 2.75) is 6.92 Å². The van der Waals surface area contributed by atoms with Crippen LogP contribution in [0.25, 0.3) is 11.3 Å². The Balaban J connectivity index is 1.88. The van der Waals surface area contributed by atoms with Crippen LogP contribution in [0.15, 0.2) is 24.3 Å². The molecule has 0 fully saturated rings. The molecule has 0 atom stereocenters. The molecule has 6 nitrogen and oxygen atoms in total. The van der Waals surface area contributed by atoms with E-state index in [0.29, 0.717) is 16.1 Å². The summed E-state index contributed by atoms with van der Waals surface area (Å²) in [6, 6.07) is 7.15. The molecular formula is C14H10N2O4S. The molecule has 0 aliphatic heterocycles. The molecule has 1 aliphatic rings. The average Bonchev–Trinajstić information content (AvgIpc) is 2.99. The highest BCUT2D eigenvalue weighted by Crippen LogP contribution is 2.40. The number of carbonyl (C=O) groups excluding carboxylic acids is 3. The Morgan fingerprint density at radius 2 is 2.00 bits per heavy atom. The predicted octanol–water partition coefficient (Wildman–Crippen LogP) is 1.86. The molecule has 0 saturated carbocycles. The van der Waals surface area contributed by atoms with Gasteiger partial charge in [-0.2, -0.15) is 0 Å². The lowest BCUT2D eigenvalue weighted by atomic mass is 10.1. The van der Waals surface area contributed by atoms with Crippen molar-refractivity contribution in [1.82, 2.24) is 4.98 Å². The van der Waals surface area contributed by atoms with Gasteiger partial charge in [0, 0.05) is 11.1 Å². The summed E-state index contributed by atoms with van der Waals surface area (Å²) in [5.74, 6) is -1.99. The van der Waals surface area contributed by atoms with Crippen LogP contribution in [-0.4, -0.2) is 29.3 Å². The largest absolute Gasteiger partial charge is 0.459 e. The number of esters is 1. The van der Waals surface area contributed by atoms with Gasteiger partial charge in [0.05, 0.1) is 12.3 Å². The highest BCUT2D eigenvalue weighted by molar-refractivity contribution is 7.18. The zero-order valence-electron chi connectivity index (χ0n) is 11.0. The van der Waals surface area contributed by atoms with Crippen molar-refractivity contribution in [2.75, 3.05) is 11.9 Å². The van der Waals surface area contributed by atoms with Crippen LogP contribution in [0.4, 0.5) is 5.13 Å². The van der Waals surface area contributed by atoms with Gasteiger partial charge in [-0.15, -0.1) is 0 Å². The molecule has 0 unspecified atom stereocenters. The Morgan fingerprint density at radius 3 is 2.71 bits per heavy atom. The molecule has 0 bridgehead atoms. The first-order chi connectivity index (χ1) is 10.1. The van der Waals surface area contributed by atoms with Crippen molar-refractivity contribution < 1.29 is 19.1 Å². The molecule has 0 saturated heterocycles. The molecule has 21 heavy (non-hydrogen) atoms. The summed E-state index contributed by atoms with van der Waals surface area (Å²) in [6.07, 6.45) is 0. The molecule has 3 rings (SSSR count). The maximum absolute atomic E-state index is 12.2. The normalized spacial score (nSPS) is 11.8. The second-order valence-electron chi connectivity index (χ2n) is 4.25. The number of aromatic nitrogens is 1. The Labute approximate surface area is 123 Å². The summed E-state index contributed by atoms with van der Waals surface area (Å²) in [5.41, 5.74) is 1.89. The van der Waals surface area contributed by atoms with Crippen LogP contribution in [0.5, 0.6) is 0 Å². The highest BCUT2D eigenvalue weighted by Gasteiger charge is 2.31. The van der Waals surface area contributed by atoms with Gasteiger partial charge < -0.3 is 4.74 Å². The number of nitrogens with zero attached hydrogens (tertiary/aromatic N) is 1. The minimum absolute atomic E-state index is 0.116. The molecule has 106 valence electrons. The Kier molecular flexibility index (Phi) is 3.26. The van der Waals surface area contributed by atoms with Crippen LogP contribution in [0, 0.1) is 0 Å². The summed E-state index contributed by atoms with van der Waals surface area (Å²) >= 11 is 1.05. The van der Waals surface area contributed by atoms with E-state index in [2.05, 4.69) is 15.0 Å². The summed E-state index contributed by atoms with van der Waals surface area (Å²) in [6.45, 7) is 1.73. The number of carbonyl (C=O) groups is 3. The van der Waals surface area contributed by atoms with E-state index in [1.54, 1.807) is 25.1 Å². The lowest BCUT2D eigenvalue weighted by Gasteiger charge is -2.01. The SMILES string of the molecule is CCOC(=O)C(=O)Nc1nc2c(s1)C(=O)c1ccccc1-2. The number of benzene rings is 1. The van der Waals surface area contributed by atoms with E-state index in [-0.39, 0.29) is 17.5 Å². The summed E-state index contributed by atoms with van der Waals surface area (Å²) in [4.78, 5) is 39.7. The van der Waals surface area contributed by atoms with Crippen molar-refractivity contribution in [1.29, 1.82) is 0 Å². The minimum Gasteiger partial charge on any atom is -0.459 e. The maximum Gasteiger partial charge on any atom is 0.397 e. The van der Waals surface area contributed by atoms with Gasteiger partial charge in [0.2, 0.25) is 5.78 Å². The molecule has 1 aliphatic carbocycles. The van der Waals surface area contributed by atoms with E-state index >= 15 is 0 Å². The topological polar surface area (TPSA) is 85.4 Å². The maximum atomic E-state index is 12.2. The molecule has 1 heterocycles. The minimum atomic E-state index is -0.973. The molecule has 2 aromatic rings. The lowest BCUT2D eigenvalue weighted by molar-refractivity contribution is -0.152. The van der Waals surface area contributed by atoms with Crippen LogP contribution >= 0.6 is 11.3 Å². The van der Waals surface area contributed by atoms with Gasteiger partial charge in [0.1, 0.15) is 4.88 Å². The molecule has 0 spiro atoms. The van der Waals surface area contributed by atoms with E-state index < -0.39 is 11.9 Å². The standard InChI is InChI=1S/C14H10N2O4S/c1-2-20-13(19)12(18)16-14-15-9-7-5-3-4-6-8(7)10(17)11(9)21-14/h3-6H,2H2,1H3,(H,15,16,18). The number of ketones is 1. The third kappa shape index (κ3) is 2.21. The highest BCUT2D eigenvalue weighted by atomic mass is 32.1. The summed E-state index contributed by atoms with van der Waals surface area (Å²) in [5, 5.41) is 2.56. The number of nitrogens with one attached hydrogen (secondary N) is 1. The van der Waals surface area contributed by atoms with Crippen molar-refractivity contribution in [3.8, 4) is 11.3 Å². The Morgan fingerprint density at radius 1 is 1.29 bits per heavy atom. The molecule has 1 amide bonds. The van der Waals surface area contributed by atoms with Crippen molar-refractivity contribution in [2.24, 2.45) is 0 Å². The van der Waals surface area contributed by atoms with Gasteiger partial charge in [-0.3, -0.25) is 14.9 Å². The zero-order chi connectivity index (χ0) is 15.0. The molecule has 0 radical (unpaired) electrons. The number of ether oxygens (including phenoxy) is 1. The lowest BCUT2D eigenvalue weighted by Crippen LogP contribution is -2.24. The van der Waals surface area contributed by atoms with Crippen LogP contribution in [-0.2, 0) is 14.3 Å². The number of rotatable bonds is 2. The van der Waals surface area contributed by atoms with Crippen LogP contribution in [0.1, 0.15) is 22.2 Å². The van der Waals surface area contributed by atoms with Gasteiger partial charge in [0.25, 0.3) is 0 Å². The fraction of sp³-hybridized carbons (Fsp3) is 0.143. The van der Waals surface area contributed by atoms with Gasteiger partial charge >= 0.3 is 11.9 Å². The second-order valence-corrected chi connectivity index (χ2v) is 5.25. The third-order valence-corrected chi connectivity index (χ3v) is 3.91. The first-order valence-electron chi connectivity index (χ1n) is 6.25. The average molecular weight is 302 g/mol. The van der Waals surface area contributed by atoms with Crippen molar-refractivity contribution in [3.05, 3.63) is 34.7 Å². The molecular weight excluding hydrogens is 292 g/mol. The van der Waals surface area contributed by atoms with Crippen molar-refractivity contribution in [3.63, 3.8) is 0 Å². The number of thiazole rings is 1. The van der Waals surface area contributed by atoms with E-state index in [4.69, 9.17) is 0 Å². The van der Waals surface area contributed by atoms with E-state index in [1.807, 2.05) is 6.07 Å². The molecule has 1 aromatic carbocycles. The number of fused-ring (bicyclic) bond motifs is 3. The van der Waals surface area contributed by atoms with Crippen LogP contribution in [0.2, 0.25) is 0 Å². The van der Waals surface area contributed by atoms with Gasteiger partial charge in [-0.1, -0.05) is 35.6 Å². The number of hydrogen-bond acceptors (Lipinski definition) is 6. The number of amides is 1. The fourth-order valence-corrected chi connectivity index (χ4v) is 2.99. The third-order valence-electron chi connectivity index (χ3n) is 2.94.